The van der Waals surface area contributed by atoms with Crippen molar-refractivity contribution in [2.24, 2.45) is 0 Å². The van der Waals surface area contributed by atoms with Gasteiger partial charge in [0.05, 0.1) is 5.01 Å². The normalized spacial score (nSPS) is 14.0. The van der Waals surface area contributed by atoms with Crippen molar-refractivity contribution in [1.29, 1.82) is 0 Å². The van der Waals surface area contributed by atoms with Gasteiger partial charge < -0.3 is 25.0 Å². The van der Waals surface area contributed by atoms with Crippen molar-refractivity contribution in [3.8, 4) is 11.5 Å². The zero-order chi connectivity index (χ0) is 28.3. The number of benzene rings is 2. The molecule has 2 N–H and O–H groups in total. The molecule has 2 aromatic heterocycles. The van der Waals surface area contributed by atoms with Crippen LogP contribution in [0.3, 0.4) is 0 Å². The second-order valence-electron chi connectivity index (χ2n) is 8.97. The van der Waals surface area contributed by atoms with Crippen molar-refractivity contribution in [3.05, 3.63) is 64.9 Å². The Balaban J connectivity index is 1.17. The van der Waals surface area contributed by atoms with Gasteiger partial charge in [-0.05, 0) is 48.4 Å². The van der Waals surface area contributed by atoms with E-state index in [-0.39, 0.29) is 35.8 Å². The Hall–Kier alpha value is -4.20. The average molecular weight is 577 g/mol. The largest absolute Gasteiger partial charge is 0.573 e. The third-order valence-electron chi connectivity index (χ3n) is 6.19. The molecule has 40 heavy (non-hydrogen) atoms. The van der Waals surface area contributed by atoms with Gasteiger partial charge in [0.2, 0.25) is 5.95 Å². The van der Waals surface area contributed by atoms with E-state index in [4.69, 9.17) is 15.5 Å². The molecule has 1 saturated heterocycles. The lowest BCUT2D eigenvalue weighted by Crippen LogP contribution is -2.50. The first kappa shape index (κ1) is 27.4. The Bertz CT molecular complexity index is 1470. The molecular formula is C26H24F4N6O3S. The van der Waals surface area contributed by atoms with Gasteiger partial charge in [0.25, 0.3) is 5.91 Å². The maximum atomic E-state index is 13.2. The number of alkyl halides is 3. The predicted molar refractivity (Wildman–Crippen MR) is 141 cm³/mol. The molecule has 0 atom stereocenters. The van der Waals surface area contributed by atoms with E-state index in [1.807, 2.05) is 4.90 Å². The summed E-state index contributed by atoms with van der Waals surface area (Å²) in [6.45, 7) is 1.54. The van der Waals surface area contributed by atoms with Gasteiger partial charge in [-0.2, -0.15) is 4.98 Å². The Morgan fingerprint density at radius 3 is 2.27 bits per heavy atom. The van der Waals surface area contributed by atoms with Crippen LogP contribution in [0.2, 0.25) is 0 Å². The summed E-state index contributed by atoms with van der Waals surface area (Å²) >= 11 is 1.44. The number of rotatable bonds is 8. The maximum Gasteiger partial charge on any atom is 0.573 e. The number of aromatic nitrogens is 3. The first-order chi connectivity index (χ1) is 19.1. The van der Waals surface area contributed by atoms with E-state index in [0.717, 1.165) is 22.7 Å². The highest BCUT2D eigenvalue weighted by atomic mass is 32.1. The summed E-state index contributed by atoms with van der Waals surface area (Å²) in [6, 6.07) is 11.2. The van der Waals surface area contributed by atoms with Gasteiger partial charge in [-0.1, -0.05) is 23.5 Å². The summed E-state index contributed by atoms with van der Waals surface area (Å²) in [4.78, 5) is 30.5. The Kier molecular flexibility index (Phi) is 7.87. The van der Waals surface area contributed by atoms with Crippen LogP contribution in [0.5, 0.6) is 11.5 Å². The molecular weight excluding hydrogens is 552 g/mol. The highest BCUT2D eigenvalue weighted by Crippen LogP contribution is 2.30. The van der Waals surface area contributed by atoms with Gasteiger partial charge in [-0.3, -0.25) is 4.79 Å². The van der Waals surface area contributed by atoms with Gasteiger partial charge in [0.1, 0.15) is 22.8 Å². The number of halogens is 4. The van der Waals surface area contributed by atoms with Crippen molar-refractivity contribution in [1.82, 2.24) is 19.9 Å². The molecule has 0 spiro atoms. The summed E-state index contributed by atoms with van der Waals surface area (Å²) in [5.41, 5.74) is 7.63. The summed E-state index contributed by atoms with van der Waals surface area (Å²) in [7, 11) is 0. The summed E-state index contributed by atoms with van der Waals surface area (Å²) in [6.07, 6.45) is -3.42. The van der Waals surface area contributed by atoms with E-state index in [0.29, 0.717) is 55.2 Å². The van der Waals surface area contributed by atoms with E-state index in [9.17, 15) is 22.4 Å². The number of carbonyl (C=O) groups excluding carboxylic acids is 1. The number of nitrogen functional groups attached to an aromatic ring is 1. The number of ether oxygens (including phenoxy) is 2. The Morgan fingerprint density at radius 2 is 1.60 bits per heavy atom. The Morgan fingerprint density at radius 1 is 0.925 bits per heavy atom. The molecule has 0 bridgehead atoms. The number of nitrogens with zero attached hydrogens (tertiary/aromatic N) is 5. The van der Waals surface area contributed by atoms with Gasteiger partial charge in [0, 0.05) is 32.6 Å². The summed E-state index contributed by atoms with van der Waals surface area (Å²) < 4.78 is 59.4. The number of thiazole rings is 1. The molecule has 1 aliphatic rings. The van der Waals surface area contributed by atoms with Gasteiger partial charge in [-0.25, -0.2) is 14.4 Å². The van der Waals surface area contributed by atoms with Crippen LogP contribution in [-0.4, -0.2) is 64.9 Å². The number of nitrogens with two attached hydrogens (primary N) is 1. The molecule has 5 rings (SSSR count). The Labute approximate surface area is 230 Å². The van der Waals surface area contributed by atoms with Gasteiger partial charge >= 0.3 is 6.36 Å². The number of hydrogen-bond acceptors (Lipinski definition) is 9. The molecule has 0 radical (unpaired) electrons. The molecule has 1 fully saturated rings. The number of amides is 1. The molecule has 1 amide bonds. The van der Waals surface area contributed by atoms with Crippen LogP contribution in [0.25, 0.3) is 10.3 Å². The number of piperazine rings is 1. The molecule has 0 saturated carbocycles. The third-order valence-corrected chi connectivity index (χ3v) is 7.20. The van der Waals surface area contributed by atoms with Crippen LogP contribution in [0.4, 0.5) is 29.3 Å². The molecule has 4 aromatic rings. The number of anilines is 2. The van der Waals surface area contributed by atoms with Crippen molar-refractivity contribution in [2.75, 3.05) is 43.4 Å². The van der Waals surface area contributed by atoms with E-state index >= 15 is 0 Å². The van der Waals surface area contributed by atoms with Crippen molar-refractivity contribution in [3.63, 3.8) is 0 Å². The number of fused-ring (bicyclic) bond motifs is 1. The van der Waals surface area contributed by atoms with Crippen LogP contribution in [-0.2, 0) is 17.6 Å². The fourth-order valence-electron chi connectivity index (χ4n) is 4.24. The molecule has 0 aliphatic carbocycles. The van der Waals surface area contributed by atoms with E-state index < -0.39 is 6.36 Å². The topological polar surface area (TPSA) is 107 Å². The standard InChI is InChI=1S/C26H24F4N6O3S/c27-17-4-1-16(2-5-17)3-10-20-32-22-23(33-25(31)34-24(22)40-20)36-13-11-35(12-14-36)21(37)15-38-18-6-8-19(9-7-18)39-26(28,29)30/h1-2,4-9H,3,10-15H2,(H2,31,33,34). The summed E-state index contributed by atoms with van der Waals surface area (Å²) in [5, 5.41) is 0.865. The second-order valence-corrected chi connectivity index (χ2v) is 10.0. The highest BCUT2D eigenvalue weighted by Gasteiger charge is 2.31. The SMILES string of the molecule is Nc1nc(N2CCN(C(=O)COc3ccc(OC(F)(F)F)cc3)CC2)c2nc(CCc3ccc(F)cc3)sc2n1. The van der Waals surface area contributed by atoms with Crippen molar-refractivity contribution < 1.29 is 31.8 Å². The lowest BCUT2D eigenvalue weighted by Gasteiger charge is -2.35. The third kappa shape index (κ3) is 6.86. The van der Waals surface area contributed by atoms with E-state index in [1.54, 1.807) is 17.0 Å². The zero-order valence-electron chi connectivity index (χ0n) is 21.0. The number of hydrogen-bond donors (Lipinski definition) is 1. The van der Waals surface area contributed by atoms with E-state index in [2.05, 4.69) is 14.7 Å². The molecule has 14 heteroatoms. The molecule has 210 valence electrons. The molecule has 1 aliphatic heterocycles. The monoisotopic (exact) mass is 576 g/mol. The smallest absolute Gasteiger partial charge is 0.484 e. The number of aryl methyl sites for hydroxylation is 2. The minimum absolute atomic E-state index is 0.134. The van der Waals surface area contributed by atoms with Crippen LogP contribution in [0.15, 0.2) is 48.5 Å². The molecule has 2 aromatic carbocycles. The highest BCUT2D eigenvalue weighted by molar-refractivity contribution is 7.18. The van der Waals surface area contributed by atoms with Crippen molar-refractivity contribution in [2.45, 2.75) is 19.2 Å². The van der Waals surface area contributed by atoms with Crippen molar-refractivity contribution >= 4 is 39.4 Å². The second kappa shape index (κ2) is 11.5. The lowest BCUT2D eigenvalue weighted by atomic mass is 10.1. The van der Waals surface area contributed by atoms with E-state index in [1.165, 1.54) is 35.6 Å². The van der Waals surface area contributed by atoms with Gasteiger partial charge in [-0.15, -0.1) is 13.2 Å². The first-order valence-corrected chi connectivity index (χ1v) is 13.1. The van der Waals surface area contributed by atoms with Crippen LogP contribution in [0, 0.1) is 5.82 Å². The fraction of sp³-hybridized carbons (Fsp3) is 0.308. The van der Waals surface area contributed by atoms with Crippen LogP contribution >= 0.6 is 11.3 Å². The van der Waals surface area contributed by atoms with Crippen LogP contribution < -0.4 is 20.1 Å². The molecule has 3 heterocycles. The lowest BCUT2D eigenvalue weighted by molar-refractivity contribution is -0.274. The quantitative estimate of drug-likeness (QED) is 0.311. The minimum Gasteiger partial charge on any atom is -0.484 e. The minimum atomic E-state index is -4.78. The average Bonchev–Trinajstić information content (AvgIpc) is 3.34. The summed E-state index contributed by atoms with van der Waals surface area (Å²) in [5.74, 6) is 0.0908. The molecule has 9 nitrogen and oxygen atoms in total. The van der Waals surface area contributed by atoms with Gasteiger partial charge in [0.15, 0.2) is 17.3 Å². The number of carbonyl (C=O) groups is 1. The maximum absolute atomic E-state index is 13.2. The van der Waals surface area contributed by atoms with Crippen LogP contribution in [0.1, 0.15) is 10.6 Å². The first-order valence-electron chi connectivity index (χ1n) is 12.3. The predicted octanol–water partition coefficient (Wildman–Crippen LogP) is 4.22. The molecule has 0 unspecified atom stereocenters. The fourth-order valence-corrected chi connectivity index (χ4v) is 5.18. The zero-order valence-corrected chi connectivity index (χ0v) is 21.8.